The highest BCUT2D eigenvalue weighted by molar-refractivity contribution is 7.87. The van der Waals surface area contributed by atoms with Crippen LogP contribution in [-0.2, 0) is 37.8 Å². The minimum Gasteiger partial charge on any atom is -0.410 e. The quantitative estimate of drug-likeness (QED) is 0.182. The Morgan fingerprint density at radius 3 is 1.80 bits per heavy atom. The zero-order valence-electron chi connectivity index (χ0n) is 21.9. The van der Waals surface area contributed by atoms with Crippen molar-refractivity contribution in [1.29, 1.82) is 0 Å². The molecule has 12 nitrogen and oxygen atoms in total. The van der Waals surface area contributed by atoms with Crippen molar-refractivity contribution in [3.63, 3.8) is 0 Å². The van der Waals surface area contributed by atoms with Gasteiger partial charge in [-0.15, -0.1) is 0 Å². The zero-order chi connectivity index (χ0) is 31.3. The second-order valence-corrected chi connectivity index (χ2v) is 18.5. The van der Waals surface area contributed by atoms with Crippen molar-refractivity contribution in [2.24, 2.45) is 5.92 Å². The summed E-state index contributed by atoms with van der Waals surface area (Å²) in [6.07, 6.45) is -2.42. The van der Waals surface area contributed by atoms with Crippen LogP contribution in [0.4, 0.5) is 26.3 Å². The van der Waals surface area contributed by atoms with E-state index in [1.54, 1.807) is 33.9 Å². The van der Waals surface area contributed by atoms with E-state index in [4.69, 9.17) is 9.16 Å². The molecule has 1 saturated heterocycles. The van der Waals surface area contributed by atoms with E-state index in [0.29, 0.717) is 4.57 Å². The average Bonchev–Trinajstić information content (AvgIpc) is 3.00. The fourth-order valence-corrected chi connectivity index (χ4v) is 5.85. The molecule has 0 radical (unpaired) electrons. The van der Waals surface area contributed by atoms with Gasteiger partial charge >= 0.3 is 36.9 Å². The summed E-state index contributed by atoms with van der Waals surface area (Å²) in [5, 5.41) is -0.650. The molecule has 21 heteroatoms. The normalized spacial score (nSPS) is 22.9. The Kier molecular flexibility index (Phi) is 9.30. The maximum Gasteiger partial charge on any atom is 0.523 e. The summed E-state index contributed by atoms with van der Waals surface area (Å²) in [5.74, 6) is -1.19. The Hall–Kier alpha value is -1.78. The third kappa shape index (κ3) is 6.98. The number of aromatic amines is 1. The highest BCUT2D eigenvalue weighted by Gasteiger charge is 2.61. The second-order valence-electron chi connectivity index (χ2n) is 10.6. The van der Waals surface area contributed by atoms with Crippen LogP contribution in [0.1, 0.15) is 33.9 Å². The molecule has 232 valence electrons. The third-order valence-electron chi connectivity index (χ3n) is 6.64. The Morgan fingerprint density at radius 2 is 1.43 bits per heavy atom. The lowest BCUT2D eigenvalue weighted by molar-refractivity contribution is -0.144. The molecule has 0 amide bonds. The average molecular weight is 651 g/mol. The van der Waals surface area contributed by atoms with E-state index in [1.807, 2.05) is 4.98 Å². The van der Waals surface area contributed by atoms with E-state index < -0.39 is 92.9 Å². The molecule has 0 aliphatic carbocycles. The van der Waals surface area contributed by atoms with Gasteiger partial charge in [-0.3, -0.25) is 22.7 Å². The Balaban J connectivity index is 2.76. The highest BCUT2D eigenvalue weighted by atomic mass is 32.2. The molecule has 2 rings (SSSR count). The Bertz CT molecular complexity index is 1370. The Morgan fingerprint density at radius 1 is 0.975 bits per heavy atom. The van der Waals surface area contributed by atoms with Crippen LogP contribution in [0.25, 0.3) is 0 Å². The van der Waals surface area contributed by atoms with Crippen LogP contribution in [-0.4, -0.2) is 70.6 Å². The molecule has 0 unspecified atom stereocenters. The number of nitrogens with zero attached hydrogens (tertiary/aromatic N) is 1. The van der Waals surface area contributed by atoms with Crippen molar-refractivity contribution < 1.29 is 60.7 Å². The lowest BCUT2D eigenvalue weighted by atomic mass is 9.92. The predicted octanol–water partition coefficient (Wildman–Crippen LogP) is 2.56. The van der Waals surface area contributed by atoms with E-state index in [0.717, 1.165) is 12.3 Å². The van der Waals surface area contributed by atoms with Crippen LogP contribution < -0.4 is 11.2 Å². The number of nitrogens with one attached hydrogen (secondary N) is 1. The molecule has 1 fully saturated rings. The predicted molar refractivity (Wildman–Crippen MR) is 127 cm³/mol. The molecule has 0 bridgehead atoms. The third-order valence-corrected chi connectivity index (χ3v) is 13.1. The zero-order valence-corrected chi connectivity index (χ0v) is 24.5. The van der Waals surface area contributed by atoms with Gasteiger partial charge in [0.05, 0.1) is 6.10 Å². The number of aromatic nitrogens is 2. The lowest BCUT2D eigenvalue weighted by Crippen LogP contribution is -2.57. The van der Waals surface area contributed by atoms with Crippen molar-refractivity contribution in [3.05, 3.63) is 33.1 Å². The lowest BCUT2D eigenvalue weighted by Gasteiger charge is -2.43. The molecule has 3 atom stereocenters. The first-order valence-electron chi connectivity index (χ1n) is 11.3. The molecule has 40 heavy (non-hydrogen) atoms. The van der Waals surface area contributed by atoms with E-state index in [9.17, 15) is 52.8 Å². The molecule has 0 saturated carbocycles. The first kappa shape index (κ1) is 34.4. The minimum atomic E-state index is -6.38. The fourth-order valence-electron chi connectivity index (χ4n) is 3.45. The van der Waals surface area contributed by atoms with Gasteiger partial charge in [0.15, 0.2) is 8.32 Å². The molecular formula is C19H28F6N2O10S2Si. The first-order chi connectivity index (χ1) is 17.7. The molecule has 1 aromatic rings. The van der Waals surface area contributed by atoms with Gasteiger partial charge in [0.1, 0.15) is 25.0 Å². The van der Waals surface area contributed by atoms with Crippen LogP contribution in [0.5, 0.6) is 0 Å². The van der Waals surface area contributed by atoms with E-state index in [2.05, 4.69) is 8.37 Å². The van der Waals surface area contributed by atoms with E-state index in [-0.39, 0.29) is 0 Å². The van der Waals surface area contributed by atoms with Gasteiger partial charge < -0.3 is 9.16 Å². The van der Waals surface area contributed by atoms with Gasteiger partial charge in [-0.2, -0.15) is 43.2 Å². The van der Waals surface area contributed by atoms with Gasteiger partial charge in [0.25, 0.3) is 5.56 Å². The summed E-state index contributed by atoms with van der Waals surface area (Å²) in [4.78, 5) is 25.9. The van der Waals surface area contributed by atoms with Gasteiger partial charge in [-0.05, 0) is 18.1 Å². The summed E-state index contributed by atoms with van der Waals surface area (Å²) in [7, 11) is -15.8. The van der Waals surface area contributed by atoms with Crippen LogP contribution in [0.2, 0.25) is 18.1 Å². The van der Waals surface area contributed by atoms with Gasteiger partial charge in [-0.1, -0.05) is 27.7 Å². The summed E-state index contributed by atoms with van der Waals surface area (Å²) >= 11 is 0. The number of rotatable bonds is 9. The number of alkyl halides is 6. The summed E-state index contributed by atoms with van der Waals surface area (Å²) in [6.45, 7) is 6.29. The topological polar surface area (TPSA) is 160 Å². The maximum absolute atomic E-state index is 13.1. The monoisotopic (exact) mass is 650 g/mol. The maximum atomic E-state index is 13.1. The molecule has 1 aliphatic heterocycles. The van der Waals surface area contributed by atoms with Gasteiger partial charge in [-0.25, -0.2) is 4.79 Å². The molecular weight excluding hydrogens is 622 g/mol. The van der Waals surface area contributed by atoms with Crippen LogP contribution in [0, 0.1) is 5.92 Å². The molecule has 1 aliphatic rings. The standard InChI is InChI=1S/C19H28F6N2O10S2Si/c1-11-13(37-40(5,6)16(2,3)4)17(9-34-38(30,31)18(20,21)22,10-35-39(32,33)19(23,24)25)36-14(11)27-8-7-12(28)26-15(27)29/h7-8,11,13-14H,9-10H2,1-6H3,(H,26,28,29)/t11-,13-,14+/m0/s1. The first-order valence-corrected chi connectivity index (χ1v) is 17.0. The molecule has 1 N–H and O–H groups in total. The summed E-state index contributed by atoms with van der Waals surface area (Å²) in [5.41, 5.74) is -16.7. The fraction of sp³-hybridized carbons (Fsp3) is 0.789. The highest BCUT2D eigenvalue weighted by Crippen LogP contribution is 2.48. The van der Waals surface area contributed by atoms with Crippen LogP contribution >= 0.6 is 0 Å². The van der Waals surface area contributed by atoms with E-state index in [1.165, 1.54) is 6.92 Å². The van der Waals surface area contributed by atoms with Crippen molar-refractivity contribution in [2.45, 2.75) is 74.8 Å². The SMILES string of the molecule is C[C@@H]1[C@H](n2ccc(=O)[nH]c2=O)OC(COS(=O)(=O)C(F)(F)F)(COS(=O)(=O)C(F)(F)F)[C@H]1O[Si](C)(C)C(C)(C)C. The van der Waals surface area contributed by atoms with Gasteiger partial charge in [0.2, 0.25) is 0 Å². The van der Waals surface area contributed by atoms with Crippen LogP contribution in [0.3, 0.4) is 0 Å². The molecule has 2 heterocycles. The number of halogens is 6. The van der Waals surface area contributed by atoms with Crippen molar-refractivity contribution in [3.8, 4) is 0 Å². The molecule has 0 aromatic carbocycles. The smallest absolute Gasteiger partial charge is 0.410 e. The number of H-pyrrole nitrogens is 1. The van der Waals surface area contributed by atoms with E-state index >= 15 is 0 Å². The number of hydrogen-bond acceptors (Lipinski definition) is 10. The second kappa shape index (κ2) is 10.8. The number of ether oxygens (including phenoxy) is 1. The summed E-state index contributed by atoms with van der Waals surface area (Å²) < 4.78 is 146. The van der Waals surface area contributed by atoms with Crippen molar-refractivity contribution in [2.75, 3.05) is 13.2 Å². The van der Waals surface area contributed by atoms with Crippen molar-refractivity contribution in [1.82, 2.24) is 9.55 Å². The largest absolute Gasteiger partial charge is 0.523 e. The van der Waals surface area contributed by atoms with Crippen molar-refractivity contribution >= 4 is 28.6 Å². The van der Waals surface area contributed by atoms with Gasteiger partial charge in [0, 0.05) is 18.2 Å². The molecule has 1 aromatic heterocycles. The number of hydrogen-bond donors (Lipinski definition) is 1. The Labute approximate surface area is 225 Å². The minimum absolute atomic E-state index is 0.650. The molecule has 0 spiro atoms. The summed E-state index contributed by atoms with van der Waals surface area (Å²) in [6, 6.07) is 0.858. The van der Waals surface area contributed by atoms with Crippen LogP contribution in [0.15, 0.2) is 21.9 Å².